The molecule has 2 heterocycles. The quantitative estimate of drug-likeness (QED) is 0.145. The Morgan fingerprint density at radius 1 is 0.359 bits per heavy atom. The fraction of sp³-hybridized carbons (Fsp3) is 0. The zero-order valence-corrected chi connectivity index (χ0v) is 34.6. The van der Waals surface area contributed by atoms with Crippen molar-refractivity contribution in [2.45, 2.75) is 0 Å². The molecule has 0 amide bonds. The van der Waals surface area contributed by atoms with E-state index in [9.17, 15) is 5.26 Å². The maximum atomic E-state index is 10.5. The van der Waals surface area contributed by atoms with Crippen LogP contribution in [0.1, 0.15) is 5.56 Å². The van der Waals surface area contributed by atoms with Crippen LogP contribution in [0.15, 0.2) is 231 Å². The number of hydrogen-bond acceptors (Lipinski definition) is 5. The van der Waals surface area contributed by atoms with E-state index in [0.29, 0.717) is 23.0 Å². The number of aromatic nitrogens is 4. The van der Waals surface area contributed by atoms with Crippen LogP contribution in [-0.2, 0) is 0 Å². The Morgan fingerprint density at radius 2 is 0.828 bits per heavy atom. The van der Waals surface area contributed by atoms with Crippen LogP contribution in [0, 0.1) is 11.3 Å². The second-order valence-electron chi connectivity index (χ2n) is 15.6. The van der Waals surface area contributed by atoms with E-state index in [-0.39, 0.29) is 0 Å². The van der Waals surface area contributed by atoms with Crippen molar-refractivity contribution in [3.63, 3.8) is 0 Å². The smallest absolute Gasteiger partial charge is 0.164 e. The van der Waals surface area contributed by atoms with Gasteiger partial charge >= 0.3 is 0 Å². The Kier molecular flexibility index (Phi) is 9.81. The summed E-state index contributed by atoms with van der Waals surface area (Å²) in [5.41, 5.74) is 13.8. The lowest BCUT2D eigenvalue weighted by molar-refractivity contribution is 1.07. The Labute approximate surface area is 371 Å². The first-order valence-corrected chi connectivity index (χ1v) is 21.2. The molecule has 11 rings (SSSR count). The van der Waals surface area contributed by atoms with E-state index in [1.807, 2.05) is 91.0 Å². The molecular weight excluding hydrogens is 781 g/mol. The maximum absolute atomic E-state index is 10.5. The van der Waals surface area contributed by atoms with Crippen molar-refractivity contribution in [2.75, 3.05) is 4.90 Å². The van der Waals surface area contributed by atoms with Gasteiger partial charge in [-0.25, -0.2) is 15.0 Å². The molecule has 0 fully saturated rings. The summed E-state index contributed by atoms with van der Waals surface area (Å²) in [7, 11) is 0. The standard InChI is InChI=1S/C58H38N6/c59-39-46-37-45(58-61-56(42-15-5-1-6-16-42)60-57(62-58)43-17-7-2-8-18-43)29-35-51(46)41-27-33-50(34-28-41)64-54-24-14-13-23-52(54)53-38-44(30-36-55(53)64)40-25-31-49(32-26-40)63(47-19-9-3-10-20-47)48-21-11-4-12-22-48/h1-38H. The minimum absolute atomic E-state index is 0.510. The third kappa shape index (κ3) is 7.13. The monoisotopic (exact) mass is 818 g/mol. The van der Waals surface area contributed by atoms with Gasteiger partial charge < -0.3 is 9.47 Å². The Morgan fingerprint density at radius 3 is 1.42 bits per heavy atom. The minimum Gasteiger partial charge on any atom is -0.311 e. The molecule has 0 N–H and O–H groups in total. The van der Waals surface area contributed by atoms with E-state index in [1.165, 1.54) is 10.8 Å². The van der Waals surface area contributed by atoms with E-state index in [0.717, 1.165) is 72.7 Å². The topological polar surface area (TPSA) is 70.6 Å². The van der Waals surface area contributed by atoms with Crippen molar-refractivity contribution in [3.05, 3.63) is 236 Å². The number of nitrogens with zero attached hydrogens (tertiary/aromatic N) is 6. The van der Waals surface area contributed by atoms with Gasteiger partial charge in [0, 0.05) is 50.2 Å². The molecule has 2 aromatic heterocycles. The van der Waals surface area contributed by atoms with Crippen LogP contribution >= 0.6 is 0 Å². The lowest BCUT2D eigenvalue weighted by Gasteiger charge is -2.25. The van der Waals surface area contributed by atoms with E-state index < -0.39 is 0 Å². The molecule has 0 aliphatic heterocycles. The highest BCUT2D eigenvalue weighted by Crippen LogP contribution is 2.39. The molecule has 0 spiro atoms. The highest BCUT2D eigenvalue weighted by atomic mass is 15.1. The van der Waals surface area contributed by atoms with Gasteiger partial charge in [-0.2, -0.15) is 5.26 Å². The zero-order valence-electron chi connectivity index (χ0n) is 34.6. The molecule has 0 saturated carbocycles. The zero-order chi connectivity index (χ0) is 42.8. The van der Waals surface area contributed by atoms with Gasteiger partial charge in [-0.15, -0.1) is 0 Å². The predicted molar refractivity (Wildman–Crippen MR) is 261 cm³/mol. The van der Waals surface area contributed by atoms with E-state index >= 15 is 0 Å². The molecular formula is C58H38N6. The molecule has 0 bridgehead atoms. The largest absolute Gasteiger partial charge is 0.311 e. The number of anilines is 3. The van der Waals surface area contributed by atoms with Crippen molar-refractivity contribution >= 4 is 38.9 Å². The van der Waals surface area contributed by atoms with Crippen LogP contribution in [0.2, 0.25) is 0 Å². The second-order valence-corrected chi connectivity index (χ2v) is 15.6. The van der Waals surface area contributed by atoms with Crippen molar-refractivity contribution in [1.82, 2.24) is 19.5 Å². The van der Waals surface area contributed by atoms with Crippen LogP contribution in [0.5, 0.6) is 0 Å². The van der Waals surface area contributed by atoms with E-state index in [1.54, 1.807) is 0 Å². The van der Waals surface area contributed by atoms with Gasteiger partial charge in [-0.3, -0.25) is 0 Å². The summed E-state index contributed by atoms with van der Waals surface area (Å²) >= 11 is 0. The Balaban J connectivity index is 0.917. The Hall–Kier alpha value is -8.92. The molecule has 6 heteroatoms. The van der Waals surface area contributed by atoms with Crippen molar-refractivity contribution in [3.8, 4) is 68.2 Å². The molecule has 0 radical (unpaired) electrons. The van der Waals surface area contributed by atoms with E-state index in [2.05, 4.69) is 155 Å². The number of rotatable bonds is 9. The van der Waals surface area contributed by atoms with Gasteiger partial charge in [0.05, 0.1) is 22.7 Å². The number of para-hydroxylation sites is 3. The predicted octanol–water partition coefficient (Wildman–Crippen LogP) is 14.6. The molecule has 300 valence electrons. The average molecular weight is 819 g/mol. The lowest BCUT2D eigenvalue weighted by atomic mass is 9.97. The first-order chi connectivity index (χ1) is 31.7. The molecule has 0 aliphatic carbocycles. The maximum Gasteiger partial charge on any atom is 0.164 e. The molecule has 0 unspecified atom stereocenters. The average Bonchev–Trinajstić information content (AvgIpc) is 3.71. The fourth-order valence-corrected chi connectivity index (χ4v) is 8.59. The van der Waals surface area contributed by atoms with Gasteiger partial charge in [0.2, 0.25) is 0 Å². The second kappa shape index (κ2) is 16.5. The third-order valence-electron chi connectivity index (χ3n) is 11.7. The van der Waals surface area contributed by atoms with Gasteiger partial charge in [0.1, 0.15) is 0 Å². The van der Waals surface area contributed by atoms with Gasteiger partial charge in [-0.1, -0.05) is 158 Å². The van der Waals surface area contributed by atoms with Crippen LogP contribution < -0.4 is 4.90 Å². The summed E-state index contributed by atoms with van der Waals surface area (Å²) in [4.78, 5) is 16.9. The molecule has 9 aromatic carbocycles. The molecule has 0 saturated heterocycles. The number of hydrogen-bond donors (Lipinski definition) is 0. The Bertz CT molecular complexity index is 3370. The molecule has 64 heavy (non-hydrogen) atoms. The lowest BCUT2D eigenvalue weighted by Crippen LogP contribution is -2.09. The normalized spacial score (nSPS) is 11.1. The van der Waals surface area contributed by atoms with Gasteiger partial charge in [0.25, 0.3) is 0 Å². The highest BCUT2D eigenvalue weighted by molar-refractivity contribution is 6.10. The minimum atomic E-state index is 0.510. The number of fused-ring (bicyclic) bond motifs is 3. The summed E-state index contributed by atoms with van der Waals surface area (Å²) in [6.07, 6.45) is 0. The van der Waals surface area contributed by atoms with Crippen LogP contribution in [-0.4, -0.2) is 19.5 Å². The fourth-order valence-electron chi connectivity index (χ4n) is 8.59. The molecule has 6 nitrogen and oxygen atoms in total. The van der Waals surface area contributed by atoms with Crippen molar-refractivity contribution in [1.29, 1.82) is 5.26 Å². The number of nitriles is 1. The summed E-state index contributed by atoms with van der Waals surface area (Å²) in [6, 6.07) is 81.7. The van der Waals surface area contributed by atoms with Gasteiger partial charge in [0.15, 0.2) is 17.5 Å². The molecule has 0 aliphatic rings. The molecule has 11 aromatic rings. The van der Waals surface area contributed by atoms with E-state index in [4.69, 9.17) is 15.0 Å². The van der Waals surface area contributed by atoms with Crippen LogP contribution in [0.4, 0.5) is 17.1 Å². The van der Waals surface area contributed by atoms with Gasteiger partial charge in [-0.05, 0) is 95.1 Å². The first-order valence-electron chi connectivity index (χ1n) is 21.2. The molecule has 0 atom stereocenters. The van der Waals surface area contributed by atoms with Crippen molar-refractivity contribution in [2.24, 2.45) is 0 Å². The van der Waals surface area contributed by atoms with Crippen LogP contribution in [0.3, 0.4) is 0 Å². The van der Waals surface area contributed by atoms with Crippen molar-refractivity contribution < 1.29 is 0 Å². The first kappa shape index (κ1) is 38.0. The summed E-state index contributed by atoms with van der Waals surface area (Å²) in [5.74, 6) is 1.66. The summed E-state index contributed by atoms with van der Waals surface area (Å²) in [6.45, 7) is 0. The SMILES string of the molecule is N#Cc1cc(-c2nc(-c3ccccc3)nc(-c3ccccc3)n2)ccc1-c1ccc(-n2c3ccccc3c3cc(-c4ccc(N(c5ccccc5)c5ccccc5)cc4)ccc32)cc1. The third-order valence-corrected chi connectivity index (χ3v) is 11.7. The van der Waals surface area contributed by atoms with Crippen LogP contribution in [0.25, 0.3) is 83.9 Å². The number of benzene rings is 9. The summed E-state index contributed by atoms with van der Waals surface area (Å²) < 4.78 is 2.32. The summed E-state index contributed by atoms with van der Waals surface area (Å²) in [5, 5.41) is 12.9. The highest BCUT2D eigenvalue weighted by Gasteiger charge is 2.18.